The molecule has 0 bridgehead atoms. The van der Waals surface area contributed by atoms with Crippen LogP contribution in [0.2, 0.25) is 0 Å². The van der Waals surface area contributed by atoms with Gasteiger partial charge in [0, 0.05) is 32.6 Å². The third-order valence-corrected chi connectivity index (χ3v) is 3.68. The third kappa shape index (κ3) is 4.10. The van der Waals surface area contributed by atoms with Gasteiger partial charge < -0.3 is 10.6 Å². The number of aryl methyl sites for hydroxylation is 2. The molecule has 0 aliphatic heterocycles. The van der Waals surface area contributed by atoms with Gasteiger partial charge in [-0.25, -0.2) is 0 Å². The van der Waals surface area contributed by atoms with Gasteiger partial charge in [-0.2, -0.15) is 5.10 Å². The van der Waals surface area contributed by atoms with Gasteiger partial charge in [-0.3, -0.25) is 9.48 Å². The second kappa shape index (κ2) is 7.53. The molecule has 0 aliphatic rings. The maximum Gasteiger partial charge on any atom is 0.221 e. The van der Waals surface area contributed by atoms with Crippen LogP contribution in [0.15, 0.2) is 4.47 Å². The minimum absolute atomic E-state index is 0.0873. The van der Waals surface area contributed by atoms with E-state index in [1.54, 1.807) is 0 Å². The highest BCUT2D eigenvalue weighted by molar-refractivity contribution is 9.10. The largest absolute Gasteiger partial charge is 0.356 e. The van der Waals surface area contributed by atoms with Crippen molar-refractivity contribution in [2.75, 3.05) is 13.1 Å². The quantitative estimate of drug-likeness (QED) is 0.751. The second-order valence-electron chi connectivity index (χ2n) is 4.04. The van der Waals surface area contributed by atoms with Gasteiger partial charge in [-0.1, -0.05) is 0 Å². The van der Waals surface area contributed by atoms with Crippen molar-refractivity contribution in [2.24, 2.45) is 0 Å². The Morgan fingerprint density at radius 1 is 1.44 bits per heavy atom. The molecule has 1 rings (SSSR count). The Labute approximate surface area is 116 Å². The van der Waals surface area contributed by atoms with E-state index in [-0.39, 0.29) is 5.91 Å². The van der Waals surface area contributed by atoms with Gasteiger partial charge in [0.2, 0.25) is 5.91 Å². The Kier molecular flexibility index (Phi) is 6.35. The van der Waals surface area contributed by atoms with E-state index in [1.165, 1.54) is 0 Å². The van der Waals surface area contributed by atoms with Crippen molar-refractivity contribution in [1.29, 1.82) is 0 Å². The first kappa shape index (κ1) is 15.2. The molecule has 0 fully saturated rings. The summed E-state index contributed by atoms with van der Waals surface area (Å²) in [7, 11) is 0. The summed E-state index contributed by atoms with van der Waals surface area (Å²) in [6.07, 6.45) is 0.505. The lowest BCUT2D eigenvalue weighted by Gasteiger charge is -2.07. The number of hydrogen-bond acceptors (Lipinski definition) is 3. The molecule has 102 valence electrons. The summed E-state index contributed by atoms with van der Waals surface area (Å²) in [4.78, 5) is 11.3. The van der Waals surface area contributed by atoms with E-state index in [2.05, 4.69) is 38.6 Å². The lowest BCUT2D eigenvalue weighted by atomic mass is 10.3. The number of nitrogens with one attached hydrogen (secondary N) is 2. The molecule has 5 nitrogen and oxygen atoms in total. The first-order chi connectivity index (χ1) is 8.60. The Morgan fingerprint density at radius 2 is 2.17 bits per heavy atom. The van der Waals surface area contributed by atoms with Crippen LogP contribution >= 0.6 is 15.9 Å². The van der Waals surface area contributed by atoms with Crippen molar-refractivity contribution in [3.8, 4) is 0 Å². The van der Waals surface area contributed by atoms with Crippen molar-refractivity contribution < 1.29 is 4.79 Å². The van der Waals surface area contributed by atoms with Crippen molar-refractivity contribution in [3.63, 3.8) is 0 Å². The molecule has 0 radical (unpaired) electrons. The van der Waals surface area contributed by atoms with Gasteiger partial charge in [0.1, 0.15) is 0 Å². The SMILES string of the molecule is CCNC(=O)CCNCc1c(Br)c(C)nn1CC. The number of aromatic nitrogens is 2. The molecule has 0 unspecified atom stereocenters. The van der Waals surface area contributed by atoms with Crippen LogP contribution in [0.3, 0.4) is 0 Å². The number of halogens is 1. The molecule has 0 saturated heterocycles. The van der Waals surface area contributed by atoms with Crippen LogP contribution in [0.1, 0.15) is 31.7 Å². The van der Waals surface area contributed by atoms with E-state index >= 15 is 0 Å². The number of amides is 1. The number of rotatable bonds is 7. The van der Waals surface area contributed by atoms with Crippen molar-refractivity contribution >= 4 is 21.8 Å². The summed E-state index contributed by atoms with van der Waals surface area (Å²) < 4.78 is 3.02. The molecule has 0 atom stereocenters. The average Bonchev–Trinajstić information content (AvgIpc) is 2.62. The summed E-state index contributed by atoms with van der Waals surface area (Å²) in [6, 6.07) is 0. The minimum Gasteiger partial charge on any atom is -0.356 e. The smallest absolute Gasteiger partial charge is 0.221 e. The fourth-order valence-electron chi connectivity index (χ4n) is 1.73. The minimum atomic E-state index is 0.0873. The lowest BCUT2D eigenvalue weighted by molar-refractivity contribution is -0.120. The fourth-order valence-corrected chi connectivity index (χ4v) is 2.16. The number of nitrogens with zero attached hydrogens (tertiary/aromatic N) is 2. The molecule has 0 spiro atoms. The molecule has 2 N–H and O–H groups in total. The zero-order valence-corrected chi connectivity index (χ0v) is 12.8. The summed E-state index contributed by atoms with van der Waals surface area (Å²) >= 11 is 3.55. The monoisotopic (exact) mass is 316 g/mol. The normalized spacial score (nSPS) is 10.7. The first-order valence-electron chi connectivity index (χ1n) is 6.29. The van der Waals surface area contributed by atoms with Crippen LogP contribution in [0.4, 0.5) is 0 Å². The maximum absolute atomic E-state index is 11.3. The fraction of sp³-hybridized carbons (Fsp3) is 0.667. The number of hydrogen-bond donors (Lipinski definition) is 2. The third-order valence-electron chi connectivity index (χ3n) is 2.65. The molecule has 6 heteroatoms. The van der Waals surface area contributed by atoms with Crippen LogP contribution < -0.4 is 10.6 Å². The molecular weight excluding hydrogens is 296 g/mol. The summed E-state index contributed by atoms with van der Waals surface area (Å²) in [5.74, 6) is 0.0873. The molecule has 0 saturated carbocycles. The first-order valence-corrected chi connectivity index (χ1v) is 7.08. The zero-order chi connectivity index (χ0) is 13.5. The summed E-state index contributed by atoms with van der Waals surface area (Å²) in [5, 5.41) is 10.5. The lowest BCUT2D eigenvalue weighted by Crippen LogP contribution is -2.27. The molecule has 1 aromatic rings. The molecule has 1 heterocycles. The highest BCUT2D eigenvalue weighted by Gasteiger charge is 2.11. The molecule has 0 aliphatic carbocycles. The predicted molar refractivity (Wildman–Crippen MR) is 75.3 cm³/mol. The molecular formula is C12H21BrN4O. The van der Waals surface area contributed by atoms with Gasteiger partial charge in [0.05, 0.1) is 15.9 Å². The van der Waals surface area contributed by atoms with Gasteiger partial charge >= 0.3 is 0 Å². The van der Waals surface area contributed by atoms with Crippen LogP contribution in [0.5, 0.6) is 0 Å². The maximum atomic E-state index is 11.3. The van der Waals surface area contributed by atoms with Gasteiger partial charge in [0.15, 0.2) is 0 Å². The van der Waals surface area contributed by atoms with Crippen LogP contribution in [-0.2, 0) is 17.9 Å². The average molecular weight is 317 g/mol. The van der Waals surface area contributed by atoms with Gasteiger partial charge in [0.25, 0.3) is 0 Å². The Hall–Kier alpha value is -0.880. The van der Waals surface area contributed by atoms with E-state index in [1.807, 2.05) is 18.5 Å². The van der Waals surface area contributed by atoms with Gasteiger partial charge in [-0.05, 0) is 36.7 Å². The standard InChI is InChI=1S/C12H21BrN4O/c1-4-15-11(18)6-7-14-8-10-12(13)9(3)16-17(10)5-2/h14H,4-8H2,1-3H3,(H,15,18). The molecule has 1 aromatic heterocycles. The van der Waals surface area contributed by atoms with Crippen LogP contribution in [0.25, 0.3) is 0 Å². The van der Waals surface area contributed by atoms with Crippen LogP contribution in [-0.4, -0.2) is 28.8 Å². The molecule has 1 amide bonds. The van der Waals surface area contributed by atoms with E-state index in [0.717, 1.165) is 22.4 Å². The van der Waals surface area contributed by atoms with Crippen molar-refractivity contribution in [1.82, 2.24) is 20.4 Å². The molecule has 18 heavy (non-hydrogen) atoms. The summed E-state index contributed by atoms with van der Waals surface area (Å²) in [5.41, 5.74) is 2.13. The van der Waals surface area contributed by atoms with E-state index in [0.29, 0.717) is 26.1 Å². The van der Waals surface area contributed by atoms with Crippen LogP contribution in [0, 0.1) is 6.92 Å². The van der Waals surface area contributed by atoms with Crippen molar-refractivity contribution in [2.45, 2.75) is 40.3 Å². The highest BCUT2D eigenvalue weighted by atomic mass is 79.9. The Morgan fingerprint density at radius 3 is 2.78 bits per heavy atom. The number of carbonyl (C=O) groups is 1. The Balaban J connectivity index is 2.42. The topological polar surface area (TPSA) is 59.0 Å². The second-order valence-corrected chi connectivity index (χ2v) is 4.84. The number of carbonyl (C=O) groups excluding carboxylic acids is 1. The Bertz CT molecular complexity index is 403. The van der Waals surface area contributed by atoms with E-state index in [4.69, 9.17) is 0 Å². The summed E-state index contributed by atoms with van der Waals surface area (Å²) in [6.45, 7) is 8.89. The molecule has 0 aromatic carbocycles. The van der Waals surface area contributed by atoms with E-state index in [9.17, 15) is 4.79 Å². The van der Waals surface area contributed by atoms with E-state index < -0.39 is 0 Å². The highest BCUT2D eigenvalue weighted by Crippen LogP contribution is 2.20. The zero-order valence-electron chi connectivity index (χ0n) is 11.2. The van der Waals surface area contributed by atoms with Gasteiger partial charge in [-0.15, -0.1) is 0 Å². The van der Waals surface area contributed by atoms with Crippen molar-refractivity contribution in [3.05, 3.63) is 15.9 Å². The predicted octanol–water partition coefficient (Wildman–Crippen LogP) is 1.59.